The van der Waals surface area contributed by atoms with Crippen LogP contribution in [0.4, 0.5) is 0 Å². The summed E-state index contributed by atoms with van der Waals surface area (Å²) in [5.74, 6) is 0.542. The summed E-state index contributed by atoms with van der Waals surface area (Å²) in [5.41, 5.74) is 0. The van der Waals surface area contributed by atoms with Gasteiger partial charge in [-0.25, -0.2) is 4.98 Å². The molecule has 1 N–H and O–H groups in total. The summed E-state index contributed by atoms with van der Waals surface area (Å²) in [6, 6.07) is 7.22. The van der Waals surface area contributed by atoms with Crippen molar-refractivity contribution < 1.29 is 9.53 Å². The van der Waals surface area contributed by atoms with E-state index in [9.17, 15) is 4.79 Å². The van der Waals surface area contributed by atoms with E-state index >= 15 is 0 Å². The maximum atomic E-state index is 12.1. The second-order valence-electron chi connectivity index (χ2n) is 5.48. The number of carbonyl (C=O) groups is 1. The van der Waals surface area contributed by atoms with E-state index in [4.69, 9.17) is 27.9 Å². The highest BCUT2D eigenvalue weighted by atomic mass is 35.5. The van der Waals surface area contributed by atoms with Gasteiger partial charge >= 0.3 is 0 Å². The predicted octanol–water partition coefficient (Wildman–Crippen LogP) is 4.57. The van der Waals surface area contributed by atoms with E-state index < -0.39 is 0 Å². The molecule has 2 aromatic heterocycles. The summed E-state index contributed by atoms with van der Waals surface area (Å²) in [4.78, 5) is 16.9. The van der Waals surface area contributed by atoms with Crippen LogP contribution in [-0.4, -0.2) is 23.0 Å². The first kappa shape index (κ1) is 16.6. The van der Waals surface area contributed by atoms with Crippen LogP contribution in [0, 0.1) is 0 Å². The molecule has 0 radical (unpaired) electrons. The molecule has 2 heterocycles. The zero-order chi connectivity index (χ0) is 16.2. The van der Waals surface area contributed by atoms with E-state index in [-0.39, 0.29) is 18.1 Å². The van der Waals surface area contributed by atoms with Gasteiger partial charge in [0.05, 0.1) is 14.2 Å². The molecule has 122 valence electrons. The summed E-state index contributed by atoms with van der Waals surface area (Å²) in [7, 11) is 0. The zero-order valence-electron chi connectivity index (χ0n) is 12.3. The summed E-state index contributed by atoms with van der Waals surface area (Å²) in [5, 5.41) is 3.66. The topological polar surface area (TPSA) is 51.2 Å². The summed E-state index contributed by atoms with van der Waals surface area (Å²) < 4.78 is 6.48. The number of ether oxygens (including phenoxy) is 1. The average Bonchev–Trinajstić information content (AvgIpc) is 2.98. The third kappa shape index (κ3) is 4.59. The van der Waals surface area contributed by atoms with Crippen molar-refractivity contribution in [3.8, 4) is 5.88 Å². The van der Waals surface area contributed by atoms with Gasteiger partial charge in [0.15, 0.2) is 0 Å². The molecule has 1 aliphatic rings. The van der Waals surface area contributed by atoms with E-state index in [2.05, 4.69) is 10.3 Å². The van der Waals surface area contributed by atoms with E-state index in [1.165, 1.54) is 11.3 Å². The maximum absolute atomic E-state index is 12.1. The first-order chi connectivity index (χ1) is 11.1. The van der Waals surface area contributed by atoms with Gasteiger partial charge in [0.1, 0.15) is 6.10 Å². The lowest BCUT2D eigenvalue weighted by molar-refractivity contribution is 0.0894. The molecule has 1 saturated carbocycles. The molecule has 0 aromatic carbocycles. The number of aromatic nitrogens is 1. The molecule has 7 heteroatoms. The summed E-state index contributed by atoms with van der Waals surface area (Å²) >= 11 is 13.0. The van der Waals surface area contributed by atoms with Crippen LogP contribution in [0.1, 0.15) is 35.4 Å². The van der Waals surface area contributed by atoms with Crippen LogP contribution in [0.25, 0.3) is 0 Å². The second-order valence-corrected chi connectivity index (χ2v) is 7.63. The highest BCUT2D eigenvalue weighted by Crippen LogP contribution is 2.25. The van der Waals surface area contributed by atoms with Gasteiger partial charge in [0, 0.05) is 18.3 Å². The average molecular weight is 371 g/mol. The van der Waals surface area contributed by atoms with Gasteiger partial charge in [-0.1, -0.05) is 23.2 Å². The number of nitrogens with zero attached hydrogens (tertiary/aromatic N) is 1. The Balaban J connectivity index is 1.46. The van der Waals surface area contributed by atoms with Crippen LogP contribution in [-0.2, 0) is 0 Å². The van der Waals surface area contributed by atoms with E-state index in [1.807, 2.05) is 0 Å². The van der Waals surface area contributed by atoms with Crippen LogP contribution in [0.5, 0.6) is 5.88 Å². The normalized spacial score (nSPS) is 21.0. The van der Waals surface area contributed by atoms with Crippen molar-refractivity contribution in [1.82, 2.24) is 10.3 Å². The molecule has 0 aliphatic heterocycles. The lowest BCUT2D eigenvalue weighted by atomic mass is 9.93. The van der Waals surface area contributed by atoms with Crippen molar-refractivity contribution in [3.05, 3.63) is 44.7 Å². The van der Waals surface area contributed by atoms with Crippen molar-refractivity contribution in [2.24, 2.45) is 0 Å². The zero-order valence-corrected chi connectivity index (χ0v) is 14.6. The quantitative estimate of drug-likeness (QED) is 0.857. The Bertz CT molecular complexity index is 667. The van der Waals surface area contributed by atoms with Crippen molar-refractivity contribution in [2.75, 3.05) is 0 Å². The Morgan fingerprint density at radius 1 is 1.17 bits per heavy atom. The molecule has 0 unspecified atom stereocenters. The van der Waals surface area contributed by atoms with E-state index in [0.717, 1.165) is 25.7 Å². The Labute approximate surface area is 148 Å². The Morgan fingerprint density at radius 2 is 1.96 bits per heavy atom. The van der Waals surface area contributed by atoms with Crippen molar-refractivity contribution in [2.45, 2.75) is 37.8 Å². The number of hydrogen-bond donors (Lipinski definition) is 1. The molecule has 1 fully saturated rings. The lowest BCUT2D eigenvalue weighted by Gasteiger charge is -2.29. The highest BCUT2D eigenvalue weighted by Gasteiger charge is 2.24. The van der Waals surface area contributed by atoms with Crippen molar-refractivity contribution >= 4 is 40.4 Å². The highest BCUT2D eigenvalue weighted by molar-refractivity contribution is 7.18. The Kier molecular flexibility index (Phi) is 5.41. The minimum absolute atomic E-state index is 0.0503. The van der Waals surface area contributed by atoms with Gasteiger partial charge in [-0.15, -0.1) is 11.3 Å². The summed E-state index contributed by atoms with van der Waals surface area (Å²) in [6.07, 6.45) is 5.27. The van der Waals surface area contributed by atoms with Crippen LogP contribution in [0.2, 0.25) is 9.36 Å². The molecule has 23 heavy (non-hydrogen) atoms. The van der Waals surface area contributed by atoms with Crippen LogP contribution in [0.3, 0.4) is 0 Å². The molecule has 0 atom stereocenters. The molecule has 0 bridgehead atoms. The van der Waals surface area contributed by atoms with Crippen molar-refractivity contribution in [1.29, 1.82) is 0 Å². The van der Waals surface area contributed by atoms with Gasteiger partial charge in [-0.3, -0.25) is 4.79 Å². The molecule has 2 aromatic rings. The fourth-order valence-corrected chi connectivity index (χ4v) is 3.68. The molecule has 3 rings (SSSR count). The maximum Gasteiger partial charge on any atom is 0.261 e. The summed E-state index contributed by atoms with van der Waals surface area (Å²) in [6.45, 7) is 0. The van der Waals surface area contributed by atoms with Crippen molar-refractivity contribution in [3.63, 3.8) is 0 Å². The fourth-order valence-electron chi connectivity index (χ4n) is 2.62. The fraction of sp³-hybridized carbons (Fsp3) is 0.375. The number of amides is 1. The number of carbonyl (C=O) groups excluding carboxylic acids is 1. The molecule has 1 amide bonds. The van der Waals surface area contributed by atoms with Gasteiger partial charge in [-0.2, -0.15) is 0 Å². The molecule has 0 spiro atoms. The van der Waals surface area contributed by atoms with Crippen LogP contribution >= 0.6 is 34.5 Å². The smallest absolute Gasteiger partial charge is 0.261 e. The largest absolute Gasteiger partial charge is 0.474 e. The van der Waals surface area contributed by atoms with Crippen LogP contribution < -0.4 is 10.1 Å². The number of thiophene rings is 1. The molecule has 4 nitrogen and oxygen atoms in total. The minimum atomic E-state index is -0.0503. The Hall–Kier alpha value is -1.30. The van der Waals surface area contributed by atoms with Gasteiger partial charge in [-0.05, 0) is 43.9 Å². The van der Waals surface area contributed by atoms with Gasteiger partial charge in [0.25, 0.3) is 5.91 Å². The molecular weight excluding hydrogens is 355 g/mol. The SMILES string of the molecule is O=C(NC1CCC(Oc2ccc(Cl)cn2)CC1)c1ccc(Cl)s1. The lowest BCUT2D eigenvalue weighted by Crippen LogP contribution is -2.39. The molecular formula is C16H16Cl2N2O2S. The molecule has 1 aliphatic carbocycles. The number of hydrogen-bond acceptors (Lipinski definition) is 4. The van der Waals surface area contributed by atoms with Gasteiger partial charge in [0.2, 0.25) is 5.88 Å². The Morgan fingerprint density at radius 3 is 2.57 bits per heavy atom. The first-order valence-electron chi connectivity index (χ1n) is 7.44. The number of halogens is 2. The van der Waals surface area contributed by atoms with Gasteiger partial charge < -0.3 is 10.1 Å². The third-order valence-electron chi connectivity index (χ3n) is 3.79. The first-order valence-corrected chi connectivity index (χ1v) is 9.02. The number of pyridine rings is 1. The minimum Gasteiger partial charge on any atom is -0.474 e. The predicted molar refractivity (Wildman–Crippen MR) is 92.7 cm³/mol. The van der Waals surface area contributed by atoms with E-state index in [1.54, 1.807) is 30.5 Å². The monoisotopic (exact) mass is 370 g/mol. The third-order valence-corrected chi connectivity index (χ3v) is 5.25. The number of rotatable bonds is 4. The number of nitrogens with one attached hydrogen (secondary N) is 1. The molecule has 0 saturated heterocycles. The second kappa shape index (κ2) is 7.51. The van der Waals surface area contributed by atoms with Crippen LogP contribution in [0.15, 0.2) is 30.5 Å². The van der Waals surface area contributed by atoms with E-state index in [0.29, 0.717) is 20.1 Å². The standard InChI is InChI=1S/C16H16Cl2N2O2S/c17-10-1-8-15(19-9-10)22-12-4-2-11(3-5-12)20-16(21)13-6-7-14(18)23-13/h1,6-9,11-12H,2-5H2,(H,20,21).